The summed E-state index contributed by atoms with van der Waals surface area (Å²) in [6.07, 6.45) is 6.19. The second kappa shape index (κ2) is 5.59. The van der Waals surface area contributed by atoms with Gasteiger partial charge < -0.3 is 5.11 Å². The van der Waals surface area contributed by atoms with E-state index in [0.29, 0.717) is 23.8 Å². The van der Waals surface area contributed by atoms with Gasteiger partial charge in [-0.3, -0.25) is 20.4 Å². The second-order valence-corrected chi connectivity index (χ2v) is 8.23. The highest BCUT2D eigenvalue weighted by molar-refractivity contribution is 5.95. The Morgan fingerprint density at radius 3 is 2.33 bits per heavy atom. The molecule has 0 spiro atoms. The first-order chi connectivity index (χ1) is 11.5. The molecule has 0 heterocycles. The zero-order chi connectivity index (χ0) is 16.8. The van der Waals surface area contributed by atoms with Crippen LogP contribution in [-0.4, -0.2) is 22.5 Å². The van der Waals surface area contributed by atoms with Gasteiger partial charge in [-0.25, -0.2) is 0 Å². The van der Waals surface area contributed by atoms with Crippen LogP contribution in [0.25, 0.3) is 0 Å². The molecule has 4 bridgehead atoms. The zero-order valence-electron chi connectivity index (χ0n) is 13.8. The van der Waals surface area contributed by atoms with Crippen molar-refractivity contribution in [1.82, 2.24) is 10.9 Å². The molecule has 2 amide bonds. The van der Waals surface area contributed by atoms with E-state index >= 15 is 0 Å². The lowest BCUT2D eigenvalue weighted by Gasteiger charge is -2.60. The van der Waals surface area contributed by atoms with Crippen molar-refractivity contribution in [2.24, 2.45) is 17.3 Å². The topological polar surface area (TPSA) is 78.4 Å². The first kappa shape index (κ1) is 15.6. The van der Waals surface area contributed by atoms with E-state index in [1.807, 2.05) is 6.07 Å². The lowest BCUT2D eigenvalue weighted by molar-refractivity contribution is -0.169. The Kier molecular flexibility index (Phi) is 3.64. The van der Waals surface area contributed by atoms with Gasteiger partial charge in [0.05, 0.1) is 5.60 Å². The SMILES string of the molecule is O=C(CC12C[C@@H]3C[C@@H](CC(O)(C3)C1)C2)NNC(=O)c1ccccc1. The number of hydrazine groups is 1. The summed E-state index contributed by atoms with van der Waals surface area (Å²) in [5, 5.41) is 10.7. The third-order valence-electron chi connectivity index (χ3n) is 6.04. The van der Waals surface area contributed by atoms with Crippen molar-refractivity contribution >= 4 is 11.8 Å². The van der Waals surface area contributed by atoms with E-state index in [4.69, 9.17) is 0 Å². The highest BCUT2D eigenvalue weighted by atomic mass is 16.3. The Bertz CT molecular complexity index is 644. The molecular weight excluding hydrogens is 304 g/mol. The summed E-state index contributed by atoms with van der Waals surface area (Å²) in [6, 6.07) is 8.82. The van der Waals surface area contributed by atoms with E-state index in [2.05, 4.69) is 10.9 Å². The minimum absolute atomic E-state index is 0.0829. The molecule has 4 fully saturated rings. The predicted molar refractivity (Wildman–Crippen MR) is 88.7 cm³/mol. The largest absolute Gasteiger partial charge is 0.390 e. The number of hydrogen-bond acceptors (Lipinski definition) is 3. The molecule has 4 aliphatic rings. The summed E-state index contributed by atoms with van der Waals surface area (Å²) >= 11 is 0. The van der Waals surface area contributed by atoms with Crippen LogP contribution in [0, 0.1) is 17.3 Å². The molecule has 2 unspecified atom stereocenters. The Morgan fingerprint density at radius 2 is 1.71 bits per heavy atom. The first-order valence-electron chi connectivity index (χ1n) is 8.82. The molecule has 5 heteroatoms. The Labute approximate surface area is 141 Å². The minimum atomic E-state index is -0.558. The molecule has 1 aromatic carbocycles. The predicted octanol–water partition coefficient (Wildman–Crippen LogP) is 2.17. The van der Waals surface area contributed by atoms with Crippen LogP contribution in [-0.2, 0) is 4.79 Å². The van der Waals surface area contributed by atoms with Gasteiger partial charge in [-0.2, -0.15) is 0 Å². The van der Waals surface area contributed by atoms with Crippen molar-refractivity contribution in [1.29, 1.82) is 0 Å². The molecule has 0 aromatic heterocycles. The van der Waals surface area contributed by atoms with Crippen LogP contribution in [0.3, 0.4) is 0 Å². The summed E-state index contributed by atoms with van der Waals surface area (Å²) < 4.78 is 0. The number of benzene rings is 1. The molecule has 3 N–H and O–H groups in total. The quantitative estimate of drug-likeness (QED) is 0.744. The van der Waals surface area contributed by atoms with Crippen LogP contribution < -0.4 is 10.9 Å². The average Bonchev–Trinajstić information content (AvgIpc) is 2.50. The minimum Gasteiger partial charge on any atom is -0.390 e. The fourth-order valence-electron chi connectivity index (χ4n) is 5.78. The molecule has 5 nitrogen and oxygen atoms in total. The molecule has 0 aliphatic heterocycles. The van der Waals surface area contributed by atoms with Gasteiger partial charge in [0, 0.05) is 12.0 Å². The van der Waals surface area contributed by atoms with Gasteiger partial charge >= 0.3 is 0 Å². The number of hydrogen-bond donors (Lipinski definition) is 3. The van der Waals surface area contributed by atoms with E-state index in [-0.39, 0.29) is 17.2 Å². The molecular formula is C19H24N2O3. The van der Waals surface area contributed by atoms with Gasteiger partial charge in [0.25, 0.3) is 5.91 Å². The third kappa shape index (κ3) is 2.93. The maximum atomic E-state index is 12.4. The van der Waals surface area contributed by atoms with Crippen LogP contribution >= 0.6 is 0 Å². The van der Waals surface area contributed by atoms with Crippen LogP contribution in [0.1, 0.15) is 55.3 Å². The van der Waals surface area contributed by atoms with Crippen LogP contribution in [0.2, 0.25) is 0 Å². The zero-order valence-corrected chi connectivity index (χ0v) is 13.8. The Balaban J connectivity index is 1.36. The summed E-state index contributed by atoms with van der Waals surface area (Å²) in [7, 11) is 0. The van der Waals surface area contributed by atoms with E-state index in [1.165, 1.54) is 6.42 Å². The monoisotopic (exact) mass is 328 g/mol. The highest BCUT2D eigenvalue weighted by Crippen LogP contribution is 2.62. The van der Waals surface area contributed by atoms with Crippen molar-refractivity contribution in [3.05, 3.63) is 35.9 Å². The molecule has 24 heavy (non-hydrogen) atoms. The third-order valence-corrected chi connectivity index (χ3v) is 6.04. The normalized spacial score (nSPS) is 36.4. The number of carbonyl (C=O) groups excluding carboxylic acids is 2. The summed E-state index contributed by atoms with van der Waals surface area (Å²) in [6.45, 7) is 0. The second-order valence-electron chi connectivity index (χ2n) is 8.23. The van der Waals surface area contributed by atoms with Crippen molar-refractivity contribution in [3.63, 3.8) is 0 Å². The molecule has 5 rings (SSSR count). The average molecular weight is 328 g/mol. The molecule has 4 atom stereocenters. The lowest BCUT2D eigenvalue weighted by atomic mass is 9.47. The fourth-order valence-corrected chi connectivity index (χ4v) is 5.78. The van der Waals surface area contributed by atoms with Gasteiger partial charge in [0.15, 0.2) is 0 Å². The number of rotatable bonds is 3. The number of amides is 2. The van der Waals surface area contributed by atoms with E-state index in [0.717, 1.165) is 32.1 Å². The maximum Gasteiger partial charge on any atom is 0.269 e. The fraction of sp³-hybridized carbons (Fsp3) is 0.579. The van der Waals surface area contributed by atoms with Crippen LogP contribution in [0.4, 0.5) is 0 Å². The van der Waals surface area contributed by atoms with Gasteiger partial charge in [-0.05, 0) is 67.9 Å². The van der Waals surface area contributed by atoms with Crippen molar-refractivity contribution in [3.8, 4) is 0 Å². The van der Waals surface area contributed by atoms with Gasteiger partial charge in [0.1, 0.15) is 0 Å². The number of aliphatic hydroxyl groups is 1. The number of carbonyl (C=O) groups is 2. The summed E-state index contributed by atoms with van der Waals surface area (Å²) in [5.41, 5.74) is 4.91. The van der Waals surface area contributed by atoms with Crippen LogP contribution in [0.5, 0.6) is 0 Å². The molecule has 0 saturated heterocycles. The Morgan fingerprint density at radius 1 is 1.04 bits per heavy atom. The smallest absolute Gasteiger partial charge is 0.269 e. The van der Waals surface area contributed by atoms with Crippen molar-refractivity contribution < 1.29 is 14.7 Å². The van der Waals surface area contributed by atoms with E-state index < -0.39 is 5.60 Å². The highest BCUT2D eigenvalue weighted by Gasteiger charge is 2.57. The molecule has 128 valence electrons. The van der Waals surface area contributed by atoms with E-state index in [9.17, 15) is 14.7 Å². The van der Waals surface area contributed by atoms with Gasteiger partial charge in [0.2, 0.25) is 5.91 Å². The summed E-state index contributed by atoms with van der Waals surface area (Å²) in [4.78, 5) is 24.4. The molecule has 4 saturated carbocycles. The molecule has 0 radical (unpaired) electrons. The van der Waals surface area contributed by atoms with E-state index in [1.54, 1.807) is 24.3 Å². The van der Waals surface area contributed by atoms with Gasteiger partial charge in [-0.15, -0.1) is 0 Å². The standard InChI is InChI=1S/C19H24N2O3/c22-16(20-21-17(23)15-4-2-1-3-5-15)11-18-7-13-6-14(8-18)10-19(24,9-13)12-18/h1-5,13-14,24H,6-12H2,(H,20,22)(H,21,23)/t13-,14+,18?,19?. The summed E-state index contributed by atoms with van der Waals surface area (Å²) in [5.74, 6) is 0.642. The number of nitrogens with one attached hydrogen (secondary N) is 2. The van der Waals surface area contributed by atoms with Crippen molar-refractivity contribution in [2.75, 3.05) is 0 Å². The first-order valence-corrected chi connectivity index (χ1v) is 8.82. The van der Waals surface area contributed by atoms with Gasteiger partial charge in [-0.1, -0.05) is 18.2 Å². The lowest BCUT2D eigenvalue weighted by Crippen LogP contribution is -2.57. The molecule has 1 aromatic rings. The maximum absolute atomic E-state index is 12.4. The Hall–Kier alpha value is -1.88. The van der Waals surface area contributed by atoms with Crippen molar-refractivity contribution in [2.45, 2.75) is 50.5 Å². The molecule has 4 aliphatic carbocycles. The van der Waals surface area contributed by atoms with Crippen LogP contribution in [0.15, 0.2) is 30.3 Å².